The van der Waals surface area contributed by atoms with Gasteiger partial charge in [0, 0.05) is 24.5 Å². The summed E-state index contributed by atoms with van der Waals surface area (Å²) in [7, 11) is 0. The molecule has 4 nitrogen and oxygen atoms in total. The molecule has 0 aliphatic heterocycles. The van der Waals surface area contributed by atoms with E-state index < -0.39 is 0 Å². The first kappa shape index (κ1) is 9.94. The maximum absolute atomic E-state index is 8.98. The van der Waals surface area contributed by atoms with Crippen LogP contribution >= 0.6 is 0 Å². The largest absolute Gasteiger partial charge is 0.395 e. The predicted molar refractivity (Wildman–Crippen MR) is 56.4 cm³/mol. The topological polar surface area (TPSA) is 60.2 Å². The zero-order valence-electron chi connectivity index (χ0n) is 8.43. The minimum absolute atomic E-state index is 0.140. The third-order valence-electron chi connectivity index (χ3n) is 2.52. The van der Waals surface area contributed by atoms with E-state index in [2.05, 4.69) is 9.88 Å². The number of nitrogens with zero attached hydrogens (tertiary/aromatic N) is 3. The van der Waals surface area contributed by atoms with Crippen molar-refractivity contribution in [2.24, 2.45) is 0 Å². The third-order valence-corrected chi connectivity index (χ3v) is 2.52. The highest BCUT2D eigenvalue weighted by molar-refractivity contribution is 5.50. The minimum atomic E-state index is 0.140. The van der Waals surface area contributed by atoms with Gasteiger partial charge in [-0.05, 0) is 25.0 Å². The number of rotatable bonds is 4. The third kappa shape index (κ3) is 2.25. The zero-order chi connectivity index (χ0) is 10.7. The molecule has 0 bridgehead atoms. The van der Waals surface area contributed by atoms with Crippen LogP contribution in [0.25, 0.3) is 0 Å². The van der Waals surface area contributed by atoms with Crippen molar-refractivity contribution in [2.75, 3.05) is 18.1 Å². The lowest BCUT2D eigenvalue weighted by atomic mass is 10.3. The highest BCUT2D eigenvalue weighted by Gasteiger charge is 2.28. The summed E-state index contributed by atoms with van der Waals surface area (Å²) < 4.78 is 0. The molecule has 1 aromatic rings. The quantitative estimate of drug-likeness (QED) is 0.790. The average Bonchev–Trinajstić information content (AvgIpc) is 3.10. The average molecular weight is 203 g/mol. The molecular weight excluding hydrogens is 190 g/mol. The summed E-state index contributed by atoms with van der Waals surface area (Å²) in [4.78, 5) is 6.07. The molecular formula is C11H13N3O. The first-order valence-electron chi connectivity index (χ1n) is 5.09. The van der Waals surface area contributed by atoms with Gasteiger partial charge in [-0.15, -0.1) is 0 Å². The van der Waals surface area contributed by atoms with Crippen LogP contribution in [0.3, 0.4) is 0 Å². The summed E-state index contributed by atoms with van der Waals surface area (Å²) >= 11 is 0. The molecule has 15 heavy (non-hydrogen) atoms. The van der Waals surface area contributed by atoms with Gasteiger partial charge in [0.25, 0.3) is 0 Å². The van der Waals surface area contributed by atoms with Gasteiger partial charge in [0.1, 0.15) is 11.8 Å². The molecule has 0 spiro atoms. The molecule has 1 saturated carbocycles. The van der Waals surface area contributed by atoms with Gasteiger partial charge in [-0.2, -0.15) is 5.26 Å². The van der Waals surface area contributed by atoms with Crippen LogP contribution in [-0.4, -0.2) is 29.3 Å². The van der Waals surface area contributed by atoms with Gasteiger partial charge < -0.3 is 10.0 Å². The van der Waals surface area contributed by atoms with Gasteiger partial charge in [0.15, 0.2) is 0 Å². The number of aliphatic hydroxyl groups excluding tert-OH is 1. The number of anilines is 1. The molecule has 0 unspecified atom stereocenters. The van der Waals surface area contributed by atoms with Crippen molar-refractivity contribution in [2.45, 2.75) is 18.9 Å². The summed E-state index contributed by atoms with van der Waals surface area (Å²) in [6, 6.07) is 6.21. The molecule has 1 N–H and O–H groups in total. The maximum Gasteiger partial charge on any atom is 0.142 e. The van der Waals surface area contributed by atoms with E-state index in [1.807, 2.05) is 12.1 Å². The van der Waals surface area contributed by atoms with E-state index >= 15 is 0 Å². The van der Waals surface area contributed by atoms with Crippen LogP contribution in [0.1, 0.15) is 18.5 Å². The van der Waals surface area contributed by atoms with Crippen LogP contribution in [0.5, 0.6) is 0 Å². The predicted octanol–water partition coefficient (Wildman–Crippen LogP) is 0.914. The number of hydrogen-bond acceptors (Lipinski definition) is 4. The number of pyridine rings is 1. The Labute approximate surface area is 88.8 Å². The molecule has 2 rings (SSSR count). The maximum atomic E-state index is 8.98. The fraction of sp³-hybridized carbons (Fsp3) is 0.455. The minimum Gasteiger partial charge on any atom is -0.395 e. The van der Waals surface area contributed by atoms with Crippen LogP contribution in [0.2, 0.25) is 0 Å². The lowest BCUT2D eigenvalue weighted by molar-refractivity contribution is 0.301. The van der Waals surface area contributed by atoms with E-state index in [9.17, 15) is 0 Å². The van der Waals surface area contributed by atoms with Gasteiger partial charge in [0.2, 0.25) is 0 Å². The van der Waals surface area contributed by atoms with Crippen LogP contribution in [0, 0.1) is 11.3 Å². The van der Waals surface area contributed by atoms with Crippen LogP contribution < -0.4 is 4.90 Å². The van der Waals surface area contributed by atoms with Crippen molar-refractivity contribution in [3.05, 3.63) is 24.0 Å². The molecule has 1 aliphatic rings. The Morgan fingerprint density at radius 2 is 2.40 bits per heavy atom. The van der Waals surface area contributed by atoms with Crippen molar-refractivity contribution in [3.8, 4) is 6.07 Å². The van der Waals surface area contributed by atoms with E-state index in [0.29, 0.717) is 18.3 Å². The Morgan fingerprint density at radius 3 is 3.00 bits per heavy atom. The van der Waals surface area contributed by atoms with Gasteiger partial charge in [0.05, 0.1) is 6.61 Å². The fourth-order valence-electron chi connectivity index (χ4n) is 1.68. The van der Waals surface area contributed by atoms with Crippen molar-refractivity contribution in [3.63, 3.8) is 0 Å². The highest BCUT2D eigenvalue weighted by atomic mass is 16.3. The SMILES string of the molecule is N#Cc1cc(N(CCO)C2CC2)ccn1. The lowest BCUT2D eigenvalue weighted by Gasteiger charge is -2.23. The molecule has 0 amide bonds. The zero-order valence-corrected chi connectivity index (χ0v) is 8.43. The van der Waals surface area contributed by atoms with Crippen LogP contribution in [-0.2, 0) is 0 Å². The Hall–Kier alpha value is -1.60. The number of aliphatic hydroxyl groups is 1. The van der Waals surface area contributed by atoms with E-state index in [4.69, 9.17) is 10.4 Å². The molecule has 1 fully saturated rings. The fourth-order valence-corrected chi connectivity index (χ4v) is 1.68. The Bertz CT molecular complexity index is 382. The second-order valence-electron chi connectivity index (χ2n) is 3.66. The smallest absolute Gasteiger partial charge is 0.142 e. The molecule has 1 aliphatic carbocycles. The molecule has 78 valence electrons. The number of hydrogen-bond donors (Lipinski definition) is 1. The molecule has 0 aromatic carbocycles. The molecule has 0 saturated heterocycles. The summed E-state index contributed by atoms with van der Waals surface area (Å²) in [6.45, 7) is 0.764. The van der Waals surface area contributed by atoms with Gasteiger partial charge >= 0.3 is 0 Å². The number of nitriles is 1. The molecule has 1 heterocycles. The Kier molecular flexibility index (Phi) is 2.84. The Balaban J connectivity index is 2.21. The van der Waals surface area contributed by atoms with E-state index in [1.165, 1.54) is 12.8 Å². The van der Waals surface area contributed by atoms with Crippen molar-refractivity contribution >= 4 is 5.69 Å². The van der Waals surface area contributed by atoms with Crippen LogP contribution in [0.15, 0.2) is 18.3 Å². The van der Waals surface area contributed by atoms with Gasteiger partial charge in [-0.1, -0.05) is 0 Å². The molecule has 0 radical (unpaired) electrons. The van der Waals surface area contributed by atoms with Gasteiger partial charge in [-0.25, -0.2) is 4.98 Å². The second kappa shape index (κ2) is 4.28. The molecule has 1 aromatic heterocycles. The number of aromatic nitrogens is 1. The van der Waals surface area contributed by atoms with Crippen molar-refractivity contribution < 1.29 is 5.11 Å². The summed E-state index contributed by atoms with van der Waals surface area (Å²) in [5, 5.41) is 17.7. The molecule has 4 heteroatoms. The Morgan fingerprint density at radius 1 is 1.60 bits per heavy atom. The van der Waals surface area contributed by atoms with Gasteiger partial charge in [-0.3, -0.25) is 0 Å². The van der Waals surface area contributed by atoms with E-state index in [-0.39, 0.29) is 6.61 Å². The standard InChI is InChI=1S/C11H13N3O/c12-8-9-7-11(3-4-13-9)14(5-6-15)10-1-2-10/h3-4,7,10,15H,1-2,5-6H2. The summed E-state index contributed by atoms with van der Waals surface area (Å²) in [5.41, 5.74) is 1.41. The van der Waals surface area contributed by atoms with E-state index in [0.717, 1.165) is 5.69 Å². The lowest BCUT2D eigenvalue weighted by Crippen LogP contribution is -2.28. The normalized spacial score (nSPS) is 14.7. The molecule has 0 atom stereocenters. The highest BCUT2D eigenvalue weighted by Crippen LogP contribution is 2.31. The summed E-state index contributed by atoms with van der Waals surface area (Å²) in [5.74, 6) is 0. The second-order valence-corrected chi connectivity index (χ2v) is 3.66. The van der Waals surface area contributed by atoms with Crippen LogP contribution in [0.4, 0.5) is 5.69 Å². The van der Waals surface area contributed by atoms with E-state index in [1.54, 1.807) is 12.3 Å². The first-order valence-corrected chi connectivity index (χ1v) is 5.09. The first-order chi connectivity index (χ1) is 7.35. The van der Waals surface area contributed by atoms with Crippen molar-refractivity contribution in [1.82, 2.24) is 4.98 Å². The summed E-state index contributed by atoms with van der Waals surface area (Å²) in [6.07, 6.45) is 3.98. The van der Waals surface area contributed by atoms with Crippen molar-refractivity contribution in [1.29, 1.82) is 5.26 Å². The monoisotopic (exact) mass is 203 g/mol.